The van der Waals surface area contributed by atoms with Gasteiger partial charge in [0.1, 0.15) is 0 Å². The highest BCUT2D eigenvalue weighted by Crippen LogP contribution is 2.14. The third kappa shape index (κ3) is 8.88. The van der Waals surface area contributed by atoms with Gasteiger partial charge in [-0.15, -0.1) is 0 Å². The summed E-state index contributed by atoms with van der Waals surface area (Å²) in [7, 11) is 3.92. The molecule has 6 heteroatoms. The Balaban J connectivity index is 2.37. The highest BCUT2D eigenvalue weighted by Gasteiger charge is 2.21. The molecule has 1 heterocycles. The van der Waals surface area contributed by atoms with E-state index in [1.165, 1.54) is 6.42 Å². The molecule has 1 aliphatic heterocycles. The summed E-state index contributed by atoms with van der Waals surface area (Å²) in [5.41, 5.74) is 0. The van der Waals surface area contributed by atoms with Gasteiger partial charge >= 0.3 is 0 Å². The molecule has 0 radical (unpaired) electrons. The first-order valence-electron chi connectivity index (χ1n) is 9.96. The van der Waals surface area contributed by atoms with Gasteiger partial charge in [-0.05, 0) is 46.6 Å². The van der Waals surface area contributed by atoms with E-state index in [1.807, 2.05) is 0 Å². The Kier molecular flexibility index (Phi) is 11.9. The fraction of sp³-hybridized carbons (Fsp3) is 0.947. The van der Waals surface area contributed by atoms with Gasteiger partial charge in [0.05, 0.1) is 12.6 Å². The Morgan fingerprint density at radius 1 is 1.28 bits per heavy atom. The number of methoxy groups -OCH3 is 1. The van der Waals surface area contributed by atoms with E-state index in [0.29, 0.717) is 12.1 Å². The van der Waals surface area contributed by atoms with E-state index >= 15 is 0 Å². The molecule has 0 aromatic heterocycles. The Morgan fingerprint density at radius 3 is 2.60 bits per heavy atom. The third-order valence-electron chi connectivity index (χ3n) is 4.98. The van der Waals surface area contributed by atoms with Crippen molar-refractivity contribution in [1.82, 2.24) is 15.1 Å². The highest BCUT2D eigenvalue weighted by atomic mass is 16.5. The number of ether oxygens (including phenoxy) is 2. The average molecular weight is 357 g/mol. The van der Waals surface area contributed by atoms with Crippen molar-refractivity contribution in [1.29, 1.82) is 0 Å². The number of likely N-dealkylation sites (tertiary alicyclic amines) is 1. The molecule has 1 fully saturated rings. The number of piperidine rings is 1. The van der Waals surface area contributed by atoms with Gasteiger partial charge in [0, 0.05) is 52.5 Å². The molecule has 1 unspecified atom stereocenters. The second kappa shape index (κ2) is 13.4. The van der Waals surface area contributed by atoms with Crippen LogP contribution in [0.4, 0.5) is 0 Å². The summed E-state index contributed by atoms with van der Waals surface area (Å²) >= 11 is 0. The van der Waals surface area contributed by atoms with Crippen molar-refractivity contribution in [2.24, 2.45) is 4.99 Å². The van der Waals surface area contributed by atoms with Crippen molar-refractivity contribution in [3.05, 3.63) is 0 Å². The summed E-state index contributed by atoms with van der Waals surface area (Å²) in [4.78, 5) is 9.60. The molecular weight excluding hydrogens is 316 g/mol. The Labute approximate surface area is 154 Å². The molecule has 148 valence electrons. The first-order chi connectivity index (χ1) is 12.1. The smallest absolute Gasteiger partial charge is 0.193 e. The van der Waals surface area contributed by atoms with Gasteiger partial charge in [0.2, 0.25) is 0 Å². The van der Waals surface area contributed by atoms with Gasteiger partial charge in [-0.2, -0.15) is 0 Å². The summed E-state index contributed by atoms with van der Waals surface area (Å²) in [6.07, 6.45) is 4.68. The van der Waals surface area contributed by atoms with Gasteiger partial charge < -0.3 is 24.6 Å². The van der Waals surface area contributed by atoms with Crippen LogP contribution < -0.4 is 5.32 Å². The molecule has 1 aliphatic rings. The van der Waals surface area contributed by atoms with Crippen LogP contribution in [0.1, 0.15) is 46.5 Å². The maximum Gasteiger partial charge on any atom is 0.193 e. The predicted octanol–water partition coefficient (Wildman–Crippen LogP) is 2.20. The van der Waals surface area contributed by atoms with E-state index in [0.717, 1.165) is 71.2 Å². The minimum Gasteiger partial charge on any atom is -0.385 e. The number of guanidine groups is 1. The normalized spacial score (nSPS) is 18.0. The number of hydrogen-bond acceptors (Lipinski definition) is 4. The van der Waals surface area contributed by atoms with Crippen LogP contribution in [0.25, 0.3) is 0 Å². The van der Waals surface area contributed by atoms with E-state index in [9.17, 15) is 0 Å². The maximum atomic E-state index is 5.95. The molecule has 0 aromatic carbocycles. The summed E-state index contributed by atoms with van der Waals surface area (Å²) in [5.74, 6) is 1.05. The zero-order valence-electron chi connectivity index (χ0n) is 17.1. The van der Waals surface area contributed by atoms with Gasteiger partial charge in [0.25, 0.3) is 0 Å². The SMILES string of the molecule is CCNC(=NCCN(C)C(C)CC)N1CCC(OCCCOC)CC1. The molecule has 1 rings (SSSR count). The summed E-state index contributed by atoms with van der Waals surface area (Å²) < 4.78 is 11.0. The quantitative estimate of drug-likeness (QED) is 0.349. The lowest BCUT2D eigenvalue weighted by molar-refractivity contribution is 0.00990. The van der Waals surface area contributed by atoms with Crippen molar-refractivity contribution in [2.75, 3.05) is 60.1 Å². The van der Waals surface area contributed by atoms with Crippen molar-refractivity contribution in [3.63, 3.8) is 0 Å². The molecule has 0 amide bonds. The zero-order chi connectivity index (χ0) is 18.5. The van der Waals surface area contributed by atoms with Crippen LogP contribution >= 0.6 is 0 Å². The largest absolute Gasteiger partial charge is 0.385 e. The number of nitrogens with zero attached hydrogens (tertiary/aromatic N) is 3. The molecular formula is C19H40N4O2. The summed E-state index contributed by atoms with van der Waals surface area (Å²) in [5, 5.41) is 3.44. The van der Waals surface area contributed by atoms with Crippen LogP contribution in [0.3, 0.4) is 0 Å². The summed E-state index contributed by atoms with van der Waals surface area (Å²) in [6.45, 7) is 13.0. The molecule has 1 N–H and O–H groups in total. The molecule has 6 nitrogen and oxygen atoms in total. The minimum atomic E-state index is 0.382. The van der Waals surface area contributed by atoms with E-state index in [1.54, 1.807) is 7.11 Å². The van der Waals surface area contributed by atoms with E-state index < -0.39 is 0 Å². The van der Waals surface area contributed by atoms with Crippen molar-refractivity contribution in [3.8, 4) is 0 Å². The molecule has 0 saturated carbocycles. The van der Waals surface area contributed by atoms with E-state index in [-0.39, 0.29) is 0 Å². The van der Waals surface area contributed by atoms with Crippen molar-refractivity contribution >= 4 is 5.96 Å². The highest BCUT2D eigenvalue weighted by molar-refractivity contribution is 5.80. The Morgan fingerprint density at radius 2 is 2.00 bits per heavy atom. The van der Waals surface area contributed by atoms with Crippen LogP contribution in [0.15, 0.2) is 4.99 Å². The van der Waals surface area contributed by atoms with Gasteiger partial charge in [-0.3, -0.25) is 4.99 Å². The second-order valence-corrected chi connectivity index (χ2v) is 6.88. The second-order valence-electron chi connectivity index (χ2n) is 6.88. The zero-order valence-corrected chi connectivity index (χ0v) is 17.1. The lowest BCUT2D eigenvalue weighted by Gasteiger charge is -2.34. The molecule has 0 bridgehead atoms. The Bertz CT molecular complexity index is 357. The fourth-order valence-electron chi connectivity index (χ4n) is 2.96. The first kappa shape index (κ1) is 22.2. The van der Waals surface area contributed by atoms with Crippen LogP contribution in [0.5, 0.6) is 0 Å². The van der Waals surface area contributed by atoms with Crippen molar-refractivity contribution in [2.45, 2.75) is 58.6 Å². The first-order valence-corrected chi connectivity index (χ1v) is 9.96. The number of likely N-dealkylation sites (N-methyl/N-ethyl adjacent to an activating group) is 1. The monoisotopic (exact) mass is 356 g/mol. The molecule has 0 aliphatic carbocycles. The maximum absolute atomic E-state index is 5.95. The van der Waals surface area contributed by atoms with E-state index in [4.69, 9.17) is 14.5 Å². The standard InChI is InChI=1S/C19H40N4O2/c1-6-17(3)22(4)14-11-21-19(20-7-2)23-12-9-18(10-13-23)25-16-8-15-24-5/h17-18H,6-16H2,1-5H3,(H,20,21). The van der Waals surface area contributed by atoms with Crippen molar-refractivity contribution < 1.29 is 9.47 Å². The number of aliphatic imine (C=N–C) groups is 1. The fourth-order valence-corrected chi connectivity index (χ4v) is 2.96. The predicted molar refractivity (Wildman–Crippen MR) is 105 cm³/mol. The van der Waals surface area contributed by atoms with Crippen LogP contribution in [-0.2, 0) is 9.47 Å². The lowest BCUT2D eigenvalue weighted by atomic mass is 10.1. The number of nitrogens with one attached hydrogen (secondary N) is 1. The number of hydrogen-bond donors (Lipinski definition) is 1. The molecule has 25 heavy (non-hydrogen) atoms. The van der Waals surface area contributed by atoms with E-state index in [2.05, 4.69) is 42.9 Å². The van der Waals surface area contributed by atoms with Crippen LogP contribution in [0.2, 0.25) is 0 Å². The Hall–Kier alpha value is -0.850. The topological polar surface area (TPSA) is 49.3 Å². The average Bonchev–Trinajstić information content (AvgIpc) is 2.64. The molecule has 0 spiro atoms. The van der Waals surface area contributed by atoms with Gasteiger partial charge in [0.15, 0.2) is 5.96 Å². The molecule has 0 aromatic rings. The van der Waals surface area contributed by atoms with Gasteiger partial charge in [-0.25, -0.2) is 0 Å². The third-order valence-corrected chi connectivity index (χ3v) is 4.98. The minimum absolute atomic E-state index is 0.382. The number of rotatable bonds is 11. The molecule has 1 atom stereocenters. The molecule has 1 saturated heterocycles. The lowest BCUT2D eigenvalue weighted by Crippen LogP contribution is -2.47. The van der Waals surface area contributed by atoms with Gasteiger partial charge in [-0.1, -0.05) is 6.92 Å². The van der Waals surface area contributed by atoms with Crippen LogP contribution in [0, 0.1) is 0 Å². The summed E-state index contributed by atoms with van der Waals surface area (Å²) in [6, 6.07) is 0.615. The van der Waals surface area contributed by atoms with Crippen LogP contribution in [-0.4, -0.2) is 88.0 Å².